The minimum Gasteiger partial charge on any atom is -0.497 e. The zero-order valence-corrected chi connectivity index (χ0v) is 12.3. The van der Waals surface area contributed by atoms with Crippen molar-refractivity contribution in [2.45, 2.75) is 6.92 Å². The van der Waals surface area contributed by atoms with E-state index in [2.05, 4.69) is 73.7 Å². The van der Waals surface area contributed by atoms with Crippen molar-refractivity contribution in [2.24, 2.45) is 0 Å². The van der Waals surface area contributed by atoms with Crippen molar-refractivity contribution in [1.29, 1.82) is 0 Å². The van der Waals surface area contributed by atoms with Crippen LogP contribution in [-0.4, -0.2) is 7.11 Å². The van der Waals surface area contributed by atoms with Crippen LogP contribution in [0.4, 0.5) is 0 Å². The van der Waals surface area contributed by atoms with Crippen LogP contribution in [0.15, 0.2) is 60.7 Å². The van der Waals surface area contributed by atoms with Gasteiger partial charge in [0.15, 0.2) is 0 Å². The molecule has 21 heavy (non-hydrogen) atoms. The van der Waals surface area contributed by atoms with Gasteiger partial charge in [-0.3, -0.25) is 0 Å². The molecule has 0 fully saturated rings. The summed E-state index contributed by atoms with van der Waals surface area (Å²) in [6, 6.07) is 21.1. The van der Waals surface area contributed by atoms with Gasteiger partial charge >= 0.3 is 0 Å². The van der Waals surface area contributed by atoms with Gasteiger partial charge in [0.1, 0.15) is 5.75 Å². The van der Waals surface area contributed by atoms with Crippen LogP contribution in [0, 0.1) is 6.92 Å². The number of hydrogen-bond donors (Lipinski definition) is 0. The summed E-state index contributed by atoms with van der Waals surface area (Å²) in [6.07, 6.45) is 4.29. The van der Waals surface area contributed by atoms with Gasteiger partial charge < -0.3 is 4.74 Å². The molecule has 0 spiro atoms. The van der Waals surface area contributed by atoms with E-state index in [9.17, 15) is 0 Å². The van der Waals surface area contributed by atoms with E-state index in [1.54, 1.807) is 7.11 Å². The number of fused-ring (bicyclic) bond motifs is 1. The van der Waals surface area contributed by atoms with E-state index in [4.69, 9.17) is 4.74 Å². The fraction of sp³-hybridized carbons (Fsp3) is 0.100. The van der Waals surface area contributed by atoms with Crippen molar-refractivity contribution in [3.63, 3.8) is 0 Å². The van der Waals surface area contributed by atoms with Gasteiger partial charge in [-0.1, -0.05) is 54.6 Å². The van der Waals surface area contributed by atoms with E-state index in [0.29, 0.717) is 0 Å². The standard InChI is InChI=1S/C20H18O/c1-15-7-12-20(21-2)14-18(15)11-9-16-8-10-17-5-3-4-6-19(17)13-16/h3-14H,1-2H3/b11-9+. The van der Waals surface area contributed by atoms with Gasteiger partial charge in [-0.05, 0) is 52.6 Å². The van der Waals surface area contributed by atoms with Crippen LogP contribution >= 0.6 is 0 Å². The van der Waals surface area contributed by atoms with Crippen molar-refractivity contribution in [3.05, 3.63) is 77.4 Å². The number of ether oxygens (including phenoxy) is 1. The van der Waals surface area contributed by atoms with Crippen molar-refractivity contribution in [2.75, 3.05) is 7.11 Å². The van der Waals surface area contributed by atoms with Crippen LogP contribution in [0.5, 0.6) is 5.75 Å². The second-order valence-corrected chi connectivity index (χ2v) is 5.16. The smallest absolute Gasteiger partial charge is 0.119 e. The molecule has 0 aliphatic heterocycles. The third-order valence-corrected chi connectivity index (χ3v) is 3.72. The molecular formula is C20H18O. The van der Waals surface area contributed by atoms with E-state index in [1.165, 1.54) is 27.5 Å². The Morgan fingerprint density at radius 2 is 1.62 bits per heavy atom. The third kappa shape index (κ3) is 2.97. The molecule has 0 aromatic heterocycles. The van der Waals surface area contributed by atoms with Gasteiger partial charge in [-0.2, -0.15) is 0 Å². The second-order valence-electron chi connectivity index (χ2n) is 5.16. The number of hydrogen-bond acceptors (Lipinski definition) is 1. The predicted octanol–water partition coefficient (Wildman–Crippen LogP) is 5.33. The zero-order chi connectivity index (χ0) is 14.7. The normalized spacial score (nSPS) is 11.1. The van der Waals surface area contributed by atoms with Crippen molar-refractivity contribution >= 4 is 22.9 Å². The highest BCUT2D eigenvalue weighted by molar-refractivity contribution is 5.86. The number of aryl methyl sites for hydroxylation is 1. The topological polar surface area (TPSA) is 9.23 Å². The molecule has 104 valence electrons. The van der Waals surface area contributed by atoms with Crippen LogP contribution in [0.3, 0.4) is 0 Å². The quantitative estimate of drug-likeness (QED) is 0.587. The fourth-order valence-corrected chi connectivity index (χ4v) is 2.42. The molecule has 0 heterocycles. The lowest BCUT2D eigenvalue weighted by molar-refractivity contribution is 0.414. The second kappa shape index (κ2) is 5.84. The number of rotatable bonds is 3. The Kier molecular flexibility index (Phi) is 3.74. The Hall–Kier alpha value is -2.54. The number of methoxy groups -OCH3 is 1. The van der Waals surface area contributed by atoms with Gasteiger partial charge in [-0.25, -0.2) is 0 Å². The first-order valence-corrected chi connectivity index (χ1v) is 7.08. The largest absolute Gasteiger partial charge is 0.497 e. The molecule has 3 aromatic rings. The lowest BCUT2D eigenvalue weighted by Gasteiger charge is -2.04. The first-order chi connectivity index (χ1) is 10.3. The van der Waals surface area contributed by atoms with E-state index < -0.39 is 0 Å². The van der Waals surface area contributed by atoms with Crippen LogP contribution < -0.4 is 4.74 Å². The maximum absolute atomic E-state index is 5.29. The summed E-state index contributed by atoms with van der Waals surface area (Å²) >= 11 is 0. The average molecular weight is 274 g/mol. The van der Waals surface area contributed by atoms with E-state index >= 15 is 0 Å². The zero-order valence-electron chi connectivity index (χ0n) is 12.3. The van der Waals surface area contributed by atoms with Crippen molar-refractivity contribution in [1.82, 2.24) is 0 Å². The average Bonchev–Trinajstić information content (AvgIpc) is 2.54. The van der Waals surface area contributed by atoms with Gasteiger partial charge in [0.2, 0.25) is 0 Å². The third-order valence-electron chi connectivity index (χ3n) is 3.72. The molecule has 0 atom stereocenters. The molecule has 0 saturated heterocycles. The van der Waals surface area contributed by atoms with E-state index in [1.807, 2.05) is 6.07 Å². The van der Waals surface area contributed by atoms with Crippen LogP contribution in [-0.2, 0) is 0 Å². The Morgan fingerprint density at radius 3 is 2.43 bits per heavy atom. The molecular weight excluding hydrogens is 256 g/mol. The Morgan fingerprint density at radius 1 is 0.810 bits per heavy atom. The first-order valence-electron chi connectivity index (χ1n) is 7.08. The molecule has 1 heteroatoms. The molecule has 0 unspecified atom stereocenters. The minimum atomic E-state index is 0.888. The molecule has 0 aliphatic rings. The molecule has 0 bridgehead atoms. The lowest BCUT2D eigenvalue weighted by Crippen LogP contribution is -1.86. The van der Waals surface area contributed by atoms with Crippen molar-refractivity contribution < 1.29 is 4.74 Å². The van der Waals surface area contributed by atoms with Crippen LogP contribution in [0.1, 0.15) is 16.7 Å². The summed E-state index contributed by atoms with van der Waals surface area (Å²) in [5, 5.41) is 2.54. The highest BCUT2D eigenvalue weighted by atomic mass is 16.5. The van der Waals surface area contributed by atoms with Crippen molar-refractivity contribution in [3.8, 4) is 5.75 Å². The molecule has 3 rings (SSSR count). The van der Waals surface area contributed by atoms with Gasteiger partial charge in [0.05, 0.1) is 7.11 Å². The molecule has 0 radical (unpaired) electrons. The monoisotopic (exact) mass is 274 g/mol. The summed E-state index contributed by atoms with van der Waals surface area (Å²) in [7, 11) is 1.70. The maximum atomic E-state index is 5.29. The summed E-state index contributed by atoms with van der Waals surface area (Å²) in [5.74, 6) is 0.888. The lowest BCUT2D eigenvalue weighted by atomic mass is 10.0. The van der Waals surface area contributed by atoms with Gasteiger partial charge in [0, 0.05) is 0 Å². The maximum Gasteiger partial charge on any atom is 0.119 e. The molecule has 0 saturated carbocycles. The summed E-state index contributed by atoms with van der Waals surface area (Å²) in [6.45, 7) is 2.11. The predicted molar refractivity (Wildman–Crippen MR) is 90.6 cm³/mol. The Balaban J connectivity index is 1.94. The molecule has 0 N–H and O–H groups in total. The van der Waals surface area contributed by atoms with Crippen LogP contribution in [0.2, 0.25) is 0 Å². The SMILES string of the molecule is COc1ccc(C)c(/C=C/c2ccc3ccccc3c2)c1. The Labute approximate surface area is 125 Å². The summed E-state index contributed by atoms with van der Waals surface area (Å²) < 4.78 is 5.29. The highest BCUT2D eigenvalue weighted by Gasteiger charge is 1.98. The number of benzene rings is 3. The van der Waals surface area contributed by atoms with Crippen LogP contribution in [0.25, 0.3) is 22.9 Å². The Bertz CT molecular complexity index is 800. The molecule has 3 aromatic carbocycles. The summed E-state index contributed by atoms with van der Waals surface area (Å²) in [5.41, 5.74) is 3.63. The van der Waals surface area contributed by atoms with E-state index in [-0.39, 0.29) is 0 Å². The minimum absolute atomic E-state index is 0.888. The fourth-order valence-electron chi connectivity index (χ4n) is 2.42. The highest BCUT2D eigenvalue weighted by Crippen LogP contribution is 2.21. The van der Waals surface area contributed by atoms with E-state index in [0.717, 1.165) is 5.75 Å². The first kappa shape index (κ1) is 13.4. The molecule has 0 aliphatic carbocycles. The van der Waals surface area contributed by atoms with Gasteiger partial charge in [-0.15, -0.1) is 0 Å². The summed E-state index contributed by atoms with van der Waals surface area (Å²) in [4.78, 5) is 0. The van der Waals surface area contributed by atoms with Gasteiger partial charge in [0.25, 0.3) is 0 Å². The molecule has 0 amide bonds. The molecule has 1 nitrogen and oxygen atoms in total.